The van der Waals surface area contributed by atoms with E-state index in [-0.39, 0.29) is 5.78 Å². The summed E-state index contributed by atoms with van der Waals surface area (Å²) in [6.45, 7) is 6.87. The quantitative estimate of drug-likeness (QED) is 0.523. The van der Waals surface area contributed by atoms with Gasteiger partial charge in [0, 0.05) is 0 Å². The van der Waals surface area contributed by atoms with Crippen LogP contribution in [0.5, 0.6) is 5.75 Å². The molecule has 3 heteroatoms. The van der Waals surface area contributed by atoms with E-state index in [1.807, 2.05) is 25.1 Å². The molecular formula is C15H22O2S. The average Bonchev–Trinajstić information content (AvgIpc) is 2.38. The number of thioether (sulfide) groups is 1. The number of aryl methyl sites for hydroxylation is 1. The first-order chi connectivity index (χ1) is 8.69. The van der Waals surface area contributed by atoms with Crippen LogP contribution in [0.4, 0.5) is 0 Å². The van der Waals surface area contributed by atoms with E-state index in [0.29, 0.717) is 12.4 Å². The second kappa shape index (κ2) is 8.20. The Morgan fingerprint density at radius 1 is 1.33 bits per heavy atom. The van der Waals surface area contributed by atoms with Gasteiger partial charge < -0.3 is 4.74 Å². The van der Waals surface area contributed by atoms with Crippen LogP contribution in [-0.4, -0.2) is 23.9 Å². The maximum atomic E-state index is 12.1. The molecule has 0 aliphatic rings. The molecule has 0 atom stereocenters. The molecule has 0 bridgehead atoms. The Hall–Kier alpha value is -0.960. The van der Waals surface area contributed by atoms with Crippen LogP contribution in [0.1, 0.15) is 42.6 Å². The minimum atomic E-state index is 0.164. The fourth-order valence-electron chi connectivity index (χ4n) is 1.59. The number of unbranched alkanes of at least 4 members (excludes halogenated alkanes) is 1. The van der Waals surface area contributed by atoms with E-state index in [9.17, 15) is 4.79 Å². The Morgan fingerprint density at radius 2 is 2.11 bits per heavy atom. The van der Waals surface area contributed by atoms with Crippen molar-refractivity contribution in [1.82, 2.24) is 0 Å². The molecule has 0 aliphatic carbocycles. The highest BCUT2D eigenvalue weighted by Crippen LogP contribution is 2.22. The number of Topliss-reactive ketones (excluding diaryl/α,β-unsaturated/α-hetero) is 1. The van der Waals surface area contributed by atoms with E-state index in [2.05, 4.69) is 13.8 Å². The van der Waals surface area contributed by atoms with Crippen LogP contribution in [0.2, 0.25) is 0 Å². The fourth-order valence-corrected chi connectivity index (χ4v) is 2.13. The maximum Gasteiger partial charge on any atom is 0.176 e. The lowest BCUT2D eigenvalue weighted by atomic mass is 10.1. The van der Waals surface area contributed by atoms with Crippen molar-refractivity contribution in [2.24, 2.45) is 0 Å². The number of hydrogen-bond acceptors (Lipinski definition) is 3. The molecule has 18 heavy (non-hydrogen) atoms. The van der Waals surface area contributed by atoms with Crippen LogP contribution >= 0.6 is 11.8 Å². The van der Waals surface area contributed by atoms with Crippen molar-refractivity contribution in [2.75, 3.05) is 18.1 Å². The van der Waals surface area contributed by atoms with Gasteiger partial charge in [0.25, 0.3) is 0 Å². The van der Waals surface area contributed by atoms with Crippen LogP contribution in [0.3, 0.4) is 0 Å². The van der Waals surface area contributed by atoms with Gasteiger partial charge in [0.1, 0.15) is 5.75 Å². The maximum absolute atomic E-state index is 12.1. The van der Waals surface area contributed by atoms with E-state index in [1.54, 1.807) is 11.8 Å². The number of ether oxygens (including phenoxy) is 1. The molecule has 0 aliphatic heterocycles. The van der Waals surface area contributed by atoms with Crippen molar-refractivity contribution in [3.63, 3.8) is 0 Å². The second-order valence-corrected chi connectivity index (χ2v) is 5.54. The summed E-state index contributed by atoms with van der Waals surface area (Å²) in [5.41, 5.74) is 1.83. The molecule has 0 fully saturated rings. The SMILES string of the molecule is CCCCOc1ccc(C)cc1C(=O)CSCC. The van der Waals surface area contributed by atoms with Gasteiger partial charge in [0.2, 0.25) is 0 Å². The number of hydrogen-bond donors (Lipinski definition) is 0. The number of benzene rings is 1. The molecule has 1 rings (SSSR count). The highest BCUT2D eigenvalue weighted by Gasteiger charge is 2.12. The molecular weight excluding hydrogens is 244 g/mol. The molecule has 1 aromatic carbocycles. The van der Waals surface area contributed by atoms with Crippen molar-refractivity contribution in [3.05, 3.63) is 29.3 Å². The summed E-state index contributed by atoms with van der Waals surface area (Å²) in [6, 6.07) is 5.83. The summed E-state index contributed by atoms with van der Waals surface area (Å²) < 4.78 is 5.70. The molecule has 1 aromatic rings. The number of rotatable bonds is 8. The second-order valence-electron chi connectivity index (χ2n) is 4.26. The molecule has 0 saturated carbocycles. The number of carbonyl (C=O) groups is 1. The third-order valence-electron chi connectivity index (χ3n) is 2.63. The summed E-state index contributed by atoms with van der Waals surface area (Å²) >= 11 is 1.65. The Balaban J connectivity index is 2.78. The molecule has 0 heterocycles. The van der Waals surface area contributed by atoms with Crippen molar-refractivity contribution in [3.8, 4) is 5.75 Å². The van der Waals surface area contributed by atoms with E-state index >= 15 is 0 Å². The largest absolute Gasteiger partial charge is 0.493 e. The van der Waals surface area contributed by atoms with Crippen LogP contribution in [-0.2, 0) is 0 Å². The normalized spacial score (nSPS) is 10.4. The molecule has 2 nitrogen and oxygen atoms in total. The molecule has 0 saturated heterocycles. The van der Waals surface area contributed by atoms with E-state index in [1.165, 1.54) is 0 Å². The van der Waals surface area contributed by atoms with Gasteiger partial charge in [0.15, 0.2) is 5.78 Å². The van der Waals surface area contributed by atoms with E-state index < -0.39 is 0 Å². The fraction of sp³-hybridized carbons (Fsp3) is 0.533. The minimum Gasteiger partial charge on any atom is -0.493 e. The summed E-state index contributed by atoms with van der Waals surface area (Å²) in [6.07, 6.45) is 2.12. The Kier molecular flexibility index (Phi) is 6.88. The van der Waals surface area contributed by atoms with Gasteiger partial charge in [-0.3, -0.25) is 4.79 Å². The predicted octanol–water partition coefficient (Wildman–Crippen LogP) is 4.11. The first-order valence-electron chi connectivity index (χ1n) is 6.53. The highest BCUT2D eigenvalue weighted by molar-refractivity contribution is 7.99. The lowest BCUT2D eigenvalue weighted by Gasteiger charge is -2.11. The zero-order valence-electron chi connectivity index (χ0n) is 11.5. The van der Waals surface area contributed by atoms with E-state index in [4.69, 9.17) is 4.74 Å². The van der Waals surface area contributed by atoms with Crippen LogP contribution in [0.25, 0.3) is 0 Å². The van der Waals surface area contributed by atoms with Gasteiger partial charge in [-0.05, 0) is 31.2 Å². The average molecular weight is 266 g/mol. The lowest BCUT2D eigenvalue weighted by molar-refractivity contribution is 0.101. The molecule has 0 N–H and O–H groups in total. The minimum absolute atomic E-state index is 0.164. The van der Waals surface area contributed by atoms with Crippen molar-refractivity contribution in [2.45, 2.75) is 33.6 Å². The highest BCUT2D eigenvalue weighted by atomic mass is 32.2. The summed E-state index contributed by atoms with van der Waals surface area (Å²) in [5, 5.41) is 0. The third kappa shape index (κ3) is 4.73. The van der Waals surface area contributed by atoms with Gasteiger partial charge >= 0.3 is 0 Å². The van der Waals surface area contributed by atoms with Gasteiger partial charge in [-0.15, -0.1) is 0 Å². The Morgan fingerprint density at radius 3 is 2.78 bits per heavy atom. The number of ketones is 1. The summed E-state index contributed by atoms with van der Waals surface area (Å²) in [5.74, 6) is 2.39. The molecule has 0 spiro atoms. The molecule has 0 radical (unpaired) electrons. The monoisotopic (exact) mass is 266 g/mol. The van der Waals surface area contributed by atoms with E-state index in [0.717, 1.165) is 35.5 Å². The van der Waals surface area contributed by atoms with Crippen molar-refractivity contribution < 1.29 is 9.53 Å². The lowest BCUT2D eigenvalue weighted by Crippen LogP contribution is -2.08. The molecule has 0 aromatic heterocycles. The third-order valence-corrected chi connectivity index (χ3v) is 3.50. The van der Waals surface area contributed by atoms with Crippen LogP contribution < -0.4 is 4.74 Å². The Bertz CT molecular complexity index is 388. The first-order valence-corrected chi connectivity index (χ1v) is 7.68. The zero-order valence-corrected chi connectivity index (χ0v) is 12.3. The van der Waals surface area contributed by atoms with Crippen LogP contribution in [0, 0.1) is 6.92 Å². The molecule has 0 unspecified atom stereocenters. The first kappa shape index (κ1) is 15.1. The smallest absolute Gasteiger partial charge is 0.176 e. The number of carbonyl (C=O) groups excluding carboxylic acids is 1. The van der Waals surface area contributed by atoms with Gasteiger partial charge in [0.05, 0.1) is 17.9 Å². The van der Waals surface area contributed by atoms with Crippen molar-refractivity contribution in [1.29, 1.82) is 0 Å². The Labute approximate surface area is 114 Å². The standard InChI is InChI=1S/C15H22O2S/c1-4-6-9-17-15-8-7-12(3)10-13(15)14(16)11-18-5-2/h7-8,10H,4-6,9,11H2,1-3H3. The van der Waals surface area contributed by atoms with Crippen LogP contribution in [0.15, 0.2) is 18.2 Å². The van der Waals surface area contributed by atoms with Gasteiger partial charge in [-0.25, -0.2) is 0 Å². The summed E-state index contributed by atoms with van der Waals surface area (Å²) in [7, 11) is 0. The van der Waals surface area contributed by atoms with Crippen molar-refractivity contribution >= 4 is 17.5 Å². The zero-order chi connectivity index (χ0) is 13.4. The summed E-state index contributed by atoms with van der Waals surface area (Å²) in [4.78, 5) is 12.1. The topological polar surface area (TPSA) is 26.3 Å². The molecule has 0 amide bonds. The van der Waals surface area contributed by atoms with Gasteiger partial charge in [-0.1, -0.05) is 31.9 Å². The molecule has 100 valence electrons. The predicted molar refractivity (Wildman–Crippen MR) is 78.9 cm³/mol. The van der Waals surface area contributed by atoms with Gasteiger partial charge in [-0.2, -0.15) is 11.8 Å².